The summed E-state index contributed by atoms with van der Waals surface area (Å²) in [5.41, 5.74) is -0.518. The quantitative estimate of drug-likeness (QED) is 0.255. The Morgan fingerprint density at radius 3 is 2.31 bits per heavy atom. The molecule has 0 saturated heterocycles. The second kappa shape index (κ2) is 12.6. The lowest BCUT2D eigenvalue weighted by Gasteiger charge is -2.12. The molecule has 0 atom stereocenters. The van der Waals surface area contributed by atoms with E-state index in [-0.39, 0.29) is 23.7 Å². The maximum atomic E-state index is 13.7. The van der Waals surface area contributed by atoms with Gasteiger partial charge >= 0.3 is 18.0 Å². The highest BCUT2D eigenvalue weighted by Gasteiger charge is 2.35. The van der Waals surface area contributed by atoms with Crippen molar-refractivity contribution >= 4 is 16.1 Å². The Morgan fingerprint density at radius 1 is 0.976 bits per heavy atom. The second-order valence-electron chi connectivity index (χ2n) is 9.33. The molecule has 0 spiro atoms. The van der Waals surface area contributed by atoms with Crippen LogP contribution in [-0.2, 0) is 33.9 Å². The highest BCUT2D eigenvalue weighted by molar-refractivity contribution is 7.90. The SMILES string of the molecule is CCCCc1nn(-c2ccccc2C(F)(F)F)c(=O)n1Cc1ccc(-c2ccccc2S(=O)(=O)NC(=O)OCC)cc1. The summed E-state index contributed by atoms with van der Waals surface area (Å²) in [6.07, 6.45) is -3.90. The Kier molecular flexibility index (Phi) is 9.20. The minimum atomic E-state index is -4.67. The molecular formula is C29H29F3N4O5S. The number of nitrogens with one attached hydrogen (secondary N) is 1. The lowest BCUT2D eigenvalue weighted by Crippen LogP contribution is -2.31. The number of rotatable bonds is 10. The number of benzene rings is 3. The van der Waals surface area contributed by atoms with E-state index < -0.39 is 33.5 Å². The summed E-state index contributed by atoms with van der Waals surface area (Å²) >= 11 is 0. The van der Waals surface area contributed by atoms with Gasteiger partial charge in [0.05, 0.1) is 29.3 Å². The Balaban J connectivity index is 1.68. The number of nitrogens with zero attached hydrogens (tertiary/aromatic N) is 3. The molecule has 0 unspecified atom stereocenters. The molecule has 0 aliphatic rings. The van der Waals surface area contributed by atoms with Crippen molar-refractivity contribution in [3.63, 3.8) is 0 Å². The van der Waals surface area contributed by atoms with Crippen molar-refractivity contribution in [3.05, 3.63) is 100 Å². The predicted molar refractivity (Wildman–Crippen MR) is 150 cm³/mol. The van der Waals surface area contributed by atoms with Gasteiger partial charge in [-0.1, -0.05) is 67.9 Å². The maximum Gasteiger partial charge on any atom is 0.421 e. The fourth-order valence-electron chi connectivity index (χ4n) is 4.41. The summed E-state index contributed by atoms with van der Waals surface area (Å²) in [6, 6.07) is 17.6. The first-order valence-corrected chi connectivity index (χ1v) is 14.7. The number of carbonyl (C=O) groups excluding carboxylic acids is 1. The first-order valence-electron chi connectivity index (χ1n) is 13.2. The van der Waals surface area contributed by atoms with Crippen LogP contribution in [0.2, 0.25) is 0 Å². The van der Waals surface area contributed by atoms with Gasteiger partial charge in [0, 0.05) is 12.0 Å². The van der Waals surface area contributed by atoms with Crippen molar-refractivity contribution in [2.24, 2.45) is 0 Å². The van der Waals surface area contributed by atoms with E-state index in [0.717, 1.165) is 17.2 Å². The van der Waals surface area contributed by atoms with Crippen LogP contribution in [0.15, 0.2) is 82.5 Å². The van der Waals surface area contributed by atoms with E-state index in [9.17, 15) is 31.2 Å². The smallest absolute Gasteiger partial charge is 0.421 e. The van der Waals surface area contributed by atoms with Gasteiger partial charge < -0.3 is 4.74 Å². The number of alkyl halides is 3. The number of hydrogen-bond donors (Lipinski definition) is 1. The van der Waals surface area contributed by atoms with Crippen LogP contribution in [0.4, 0.5) is 18.0 Å². The minimum Gasteiger partial charge on any atom is -0.449 e. The van der Waals surface area contributed by atoms with E-state index in [1.807, 2.05) is 11.6 Å². The Morgan fingerprint density at radius 2 is 1.64 bits per heavy atom. The number of hydrogen-bond acceptors (Lipinski definition) is 6. The van der Waals surface area contributed by atoms with E-state index in [1.54, 1.807) is 43.3 Å². The van der Waals surface area contributed by atoms with Gasteiger partial charge in [-0.2, -0.15) is 17.9 Å². The van der Waals surface area contributed by atoms with Gasteiger partial charge in [0.1, 0.15) is 5.82 Å². The molecule has 0 aliphatic heterocycles. The second-order valence-corrected chi connectivity index (χ2v) is 11.0. The minimum absolute atomic E-state index is 0.00144. The van der Waals surface area contributed by atoms with E-state index in [2.05, 4.69) is 5.10 Å². The van der Waals surface area contributed by atoms with Crippen molar-refractivity contribution in [3.8, 4) is 16.8 Å². The van der Waals surface area contributed by atoms with Crippen LogP contribution < -0.4 is 10.4 Å². The number of aromatic nitrogens is 3. The number of aryl methyl sites for hydroxylation is 1. The zero-order valence-corrected chi connectivity index (χ0v) is 23.7. The van der Waals surface area contributed by atoms with E-state index >= 15 is 0 Å². The van der Waals surface area contributed by atoms with Crippen LogP contribution in [0.3, 0.4) is 0 Å². The molecule has 9 nitrogen and oxygen atoms in total. The lowest BCUT2D eigenvalue weighted by atomic mass is 10.0. The predicted octanol–water partition coefficient (Wildman–Crippen LogP) is 5.55. The van der Waals surface area contributed by atoms with Gasteiger partial charge in [0.15, 0.2) is 0 Å². The van der Waals surface area contributed by atoms with E-state index in [4.69, 9.17) is 4.74 Å². The van der Waals surface area contributed by atoms with Crippen molar-refractivity contribution < 1.29 is 31.1 Å². The summed E-state index contributed by atoms with van der Waals surface area (Å²) in [4.78, 5) is 25.0. The maximum absolute atomic E-state index is 13.7. The van der Waals surface area contributed by atoms with Crippen LogP contribution in [0.1, 0.15) is 43.6 Å². The molecule has 0 radical (unpaired) electrons. The zero-order chi connectivity index (χ0) is 30.5. The summed E-state index contributed by atoms with van der Waals surface area (Å²) in [6.45, 7) is 3.55. The third-order valence-electron chi connectivity index (χ3n) is 6.41. The van der Waals surface area contributed by atoms with Gasteiger partial charge in [0.25, 0.3) is 10.0 Å². The number of ether oxygens (including phenoxy) is 1. The largest absolute Gasteiger partial charge is 0.449 e. The van der Waals surface area contributed by atoms with Crippen molar-refractivity contribution in [2.45, 2.75) is 50.7 Å². The van der Waals surface area contributed by atoms with E-state index in [1.165, 1.54) is 34.9 Å². The Hall–Kier alpha value is -4.39. The molecular weight excluding hydrogens is 573 g/mol. The van der Waals surface area contributed by atoms with Crippen LogP contribution in [-0.4, -0.2) is 35.5 Å². The van der Waals surface area contributed by atoms with Gasteiger partial charge in [-0.25, -0.2) is 22.7 Å². The molecule has 0 fully saturated rings. The number of halogens is 3. The van der Waals surface area contributed by atoms with E-state index in [0.29, 0.717) is 35.4 Å². The standard InChI is InChI=1S/C29H29F3N4O5S/c1-3-5-14-26-33-36(24-12-8-7-11-23(24)29(30,31)32)28(38)35(26)19-20-15-17-21(18-16-20)22-10-6-9-13-25(22)42(39,40)34-27(37)41-4-2/h6-13,15-18H,3-5,14,19H2,1-2H3,(H,34,37). The van der Waals surface area contributed by atoms with Crippen molar-refractivity contribution in [1.82, 2.24) is 19.1 Å². The van der Waals surface area contributed by atoms with Gasteiger partial charge in [-0.3, -0.25) is 4.57 Å². The summed E-state index contributed by atoms with van der Waals surface area (Å²) in [7, 11) is -4.24. The van der Waals surface area contributed by atoms with Crippen molar-refractivity contribution in [2.75, 3.05) is 6.61 Å². The van der Waals surface area contributed by atoms with Gasteiger partial charge in [0.2, 0.25) is 0 Å². The normalized spacial score (nSPS) is 11.8. The fourth-order valence-corrected chi connectivity index (χ4v) is 5.53. The first-order chi connectivity index (χ1) is 20.0. The fraction of sp³-hybridized carbons (Fsp3) is 0.276. The molecule has 1 heterocycles. The monoisotopic (exact) mass is 602 g/mol. The highest BCUT2D eigenvalue weighted by Crippen LogP contribution is 2.33. The average molecular weight is 603 g/mol. The number of amides is 1. The Bertz CT molecular complexity index is 1730. The molecule has 1 N–H and O–H groups in total. The van der Waals surface area contributed by atoms with Crippen molar-refractivity contribution in [1.29, 1.82) is 0 Å². The molecule has 1 aromatic heterocycles. The number of sulfonamides is 1. The molecule has 0 bridgehead atoms. The summed E-state index contributed by atoms with van der Waals surface area (Å²) < 4.78 is 75.5. The third kappa shape index (κ3) is 6.73. The molecule has 42 heavy (non-hydrogen) atoms. The van der Waals surface area contributed by atoms with Crippen LogP contribution in [0.5, 0.6) is 0 Å². The molecule has 4 rings (SSSR count). The molecule has 0 saturated carbocycles. The summed E-state index contributed by atoms with van der Waals surface area (Å²) in [5.74, 6) is 0.351. The third-order valence-corrected chi connectivity index (χ3v) is 7.78. The number of carbonyl (C=O) groups is 1. The van der Waals surface area contributed by atoms with Crippen LogP contribution >= 0.6 is 0 Å². The zero-order valence-electron chi connectivity index (χ0n) is 22.9. The number of para-hydroxylation sites is 1. The Labute approximate surface area is 240 Å². The lowest BCUT2D eigenvalue weighted by molar-refractivity contribution is -0.137. The first kappa shape index (κ1) is 30.6. The molecule has 1 amide bonds. The van der Waals surface area contributed by atoms with Gasteiger partial charge in [-0.05, 0) is 42.7 Å². The molecule has 222 valence electrons. The average Bonchev–Trinajstić information content (AvgIpc) is 3.26. The van der Waals surface area contributed by atoms with Gasteiger partial charge in [-0.15, -0.1) is 5.10 Å². The molecule has 0 aliphatic carbocycles. The topological polar surface area (TPSA) is 112 Å². The highest BCUT2D eigenvalue weighted by atomic mass is 32.2. The molecule has 3 aromatic carbocycles. The number of unbranched alkanes of at least 4 members (excludes halogenated alkanes) is 1. The van der Waals surface area contributed by atoms with Crippen LogP contribution in [0.25, 0.3) is 16.8 Å². The van der Waals surface area contributed by atoms with Crippen LogP contribution in [0, 0.1) is 0 Å². The molecule has 13 heteroatoms. The molecule has 4 aromatic rings. The summed E-state index contributed by atoms with van der Waals surface area (Å²) in [5, 5.41) is 4.28.